The smallest absolute Gasteiger partial charge is 0.0652 e. The van der Waals surface area contributed by atoms with Crippen molar-refractivity contribution in [1.29, 1.82) is 0 Å². The van der Waals surface area contributed by atoms with Gasteiger partial charge in [-0.3, -0.25) is 0 Å². The van der Waals surface area contributed by atoms with Crippen molar-refractivity contribution < 1.29 is 15.1 Å². The molecule has 1 heterocycles. The highest BCUT2D eigenvalue weighted by Gasteiger charge is 2.20. The van der Waals surface area contributed by atoms with Gasteiger partial charge in [0, 0.05) is 71.4 Å². The van der Waals surface area contributed by atoms with E-state index < -0.39 is 36.3 Å². The molecule has 3 nitrogen and oxygen atoms in total. The minimum Gasteiger partial charge on any atom is -0.310 e. The molecule has 0 saturated heterocycles. The number of nitrogens with zero attached hydrogens (tertiary/aromatic N) is 3. The maximum Gasteiger partial charge on any atom is 0.0652 e. The van der Waals surface area contributed by atoms with Crippen molar-refractivity contribution in [3.8, 4) is 0 Å². The fourth-order valence-electron chi connectivity index (χ4n) is 7.74. The van der Waals surface area contributed by atoms with Gasteiger partial charge in [0.15, 0.2) is 0 Å². The molecule has 0 aliphatic carbocycles. The third-order valence-electron chi connectivity index (χ3n) is 10.4. The van der Waals surface area contributed by atoms with Gasteiger partial charge in [0.25, 0.3) is 0 Å². The van der Waals surface area contributed by atoms with E-state index in [9.17, 15) is 9.60 Å². The molecule has 10 aromatic carbocycles. The molecule has 284 valence electrons. The van der Waals surface area contributed by atoms with Crippen LogP contribution in [0.1, 0.15) is 15.1 Å². The summed E-state index contributed by atoms with van der Waals surface area (Å²) >= 11 is 0.922. The van der Waals surface area contributed by atoms with Crippen molar-refractivity contribution in [1.82, 2.24) is 0 Å². The number of fused-ring (bicyclic) bond motifs is 6. The quantitative estimate of drug-likeness (QED) is 0.135. The lowest BCUT2D eigenvalue weighted by molar-refractivity contribution is 1.24. The van der Waals surface area contributed by atoms with Crippen LogP contribution in [0.15, 0.2) is 236 Å². The second kappa shape index (κ2) is 15.3. The van der Waals surface area contributed by atoms with Crippen LogP contribution in [0, 0.1) is 0 Å². The van der Waals surface area contributed by atoms with E-state index in [-0.39, 0.29) is 77.6 Å². The molecule has 1 aromatic heterocycles. The van der Waals surface area contributed by atoms with E-state index in [0.29, 0.717) is 11.4 Å². The van der Waals surface area contributed by atoms with Gasteiger partial charge < -0.3 is 14.7 Å². The van der Waals surface area contributed by atoms with Gasteiger partial charge in [0.2, 0.25) is 0 Å². The lowest BCUT2D eigenvalue weighted by Gasteiger charge is -2.31. The standard InChI is InChI=1S/C56H39N3S/c1-5-17-42(18-6-1)57(43-19-7-2-8-20-43)46-25-15-26-47(36-46)58(44-21-9-3-10-22-44)48-27-16-28-49(37-48)59(45-23-11-4-12-24-45)50-34-33-40-31-32-41-35-56-54(39-53(41)52(40)38-50)51-29-13-14-30-55(51)60-56/h1-39H/i13D,14D,29D,30D,31D,32D,33D,34D,35D,38D,39D. The summed E-state index contributed by atoms with van der Waals surface area (Å²) in [5.74, 6) is 0. The summed E-state index contributed by atoms with van der Waals surface area (Å²) in [4.78, 5) is 6.02. The molecule has 0 radical (unpaired) electrons. The Morgan fingerprint density at radius 2 is 0.717 bits per heavy atom. The maximum absolute atomic E-state index is 10.1. The van der Waals surface area contributed by atoms with Crippen LogP contribution < -0.4 is 14.7 Å². The number of anilines is 9. The molecule has 4 heteroatoms. The Labute approximate surface area is 369 Å². The largest absolute Gasteiger partial charge is 0.310 e. The normalized spacial score (nSPS) is 13.9. The zero-order valence-electron chi connectivity index (χ0n) is 42.9. The summed E-state index contributed by atoms with van der Waals surface area (Å²) in [6, 6.07) is 50.9. The molecule has 0 atom stereocenters. The summed E-state index contributed by atoms with van der Waals surface area (Å²) in [6.07, 6.45) is 0. The molecular formula is C56H39N3S. The van der Waals surface area contributed by atoms with Crippen LogP contribution >= 0.6 is 11.3 Å². The van der Waals surface area contributed by atoms with Gasteiger partial charge in [-0.2, -0.15) is 0 Å². The van der Waals surface area contributed by atoms with Crippen molar-refractivity contribution in [2.75, 3.05) is 14.7 Å². The van der Waals surface area contributed by atoms with Crippen LogP contribution in [-0.2, 0) is 0 Å². The summed E-state index contributed by atoms with van der Waals surface area (Å²) in [5.41, 5.74) is 6.30. The molecule has 11 rings (SSSR count). The Bertz CT molecular complexity index is 3880. The third-order valence-corrected chi connectivity index (χ3v) is 11.4. The van der Waals surface area contributed by atoms with Crippen molar-refractivity contribution >= 4 is 104 Å². The molecular weight excluding hydrogens is 747 g/mol. The monoisotopic (exact) mass is 796 g/mol. The van der Waals surface area contributed by atoms with Gasteiger partial charge in [-0.15, -0.1) is 11.3 Å². The Morgan fingerprint density at radius 1 is 0.300 bits per heavy atom. The van der Waals surface area contributed by atoms with Crippen molar-refractivity contribution in [3.63, 3.8) is 0 Å². The molecule has 0 aliphatic rings. The van der Waals surface area contributed by atoms with Crippen LogP contribution in [0.3, 0.4) is 0 Å². The first-order valence-corrected chi connectivity index (χ1v) is 20.3. The fourth-order valence-corrected chi connectivity index (χ4v) is 8.71. The van der Waals surface area contributed by atoms with Crippen LogP contribution in [0.25, 0.3) is 41.7 Å². The van der Waals surface area contributed by atoms with E-state index in [1.165, 1.54) is 0 Å². The lowest BCUT2D eigenvalue weighted by atomic mass is 9.99. The second-order valence-electron chi connectivity index (χ2n) is 14.1. The minimum absolute atomic E-state index is 0.0398. The summed E-state index contributed by atoms with van der Waals surface area (Å²) < 4.78 is 102. The minimum atomic E-state index is -0.503. The van der Waals surface area contributed by atoms with E-state index in [0.717, 1.165) is 45.5 Å². The molecule has 0 bridgehead atoms. The van der Waals surface area contributed by atoms with Gasteiger partial charge in [0.05, 0.1) is 15.1 Å². The fraction of sp³-hybridized carbons (Fsp3) is 0. The number of hydrogen-bond acceptors (Lipinski definition) is 4. The Kier molecular flexibility index (Phi) is 6.52. The third kappa shape index (κ3) is 6.50. The summed E-state index contributed by atoms with van der Waals surface area (Å²) in [5, 5.41) is -0.382. The van der Waals surface area contributed by atoms with Crippen LogP contribution in [0.2, 0.25) is 0 Å². The molecule has 0 aliphatic heterocycles. The molecule has 0 amide bonds. The lowest BCUT2D eigenvalue weighted by Crippen LogP contribution is -2.14. The van der Waals surface area contributed by atoms with E-state index in [1.54, 1.807) is 4.90 Å². The van der Waals surface area contributed by atoms with Crippen LogP contribution in [0.5, 0.6) is 0 Å². The predicted octanol–water partition coefficient (Wildman–Crippen LogP) is 16.8. The first kappa shape index (κ1) is 25.6. The molecule has 11 aromatic rings. The number of thiophene rings is 1. The number of rotatable bonds is 9. The second-order valence-corrected chi connectivity index (χ2v) is 15.1. The average Bonchev–Trinajstić information content (AvgIpc) is 3.82. The van der Waals surface area contributed by atoms with E-state index >= 15 is 0 Å². The van der Waals surface area contributed by atoms with Crippen LogP contribution in [-0.4, -0.2) is 0 Å². The van der Waals surface area contributed by atoms with E-state index in [4.69, 9.17) is 5.48 Å². The predicted molar refractivity (Wildman–Crippen MR) is 258 cm³/mol. The Morgan fingerprint density at radius 3 is 1.25 bits per heavy atom. The topological polar surface area (TPSA) is 9.72 Å². The first-order valence-electron chi connectivity index (χ1n) is 25.0. The van der Waals surface area contributed by atoms with Gasteiger partial charge in [0.1, 0.15) is 0 Å². The van der Waals surface area contributed by atoms with Gasteiger partial charge >= 0.3 is 0 Å². The number of benzene rings is 10. The van der Waals surface area contributed by atoms with Gasteiger partial charge in [-0.25, -0.2) is 0 Å². The maximum atomic E-state index is 10.1. The number of hydrogen-bond donors (Lipinski definition) is 0. The van der Waals surface area contributed by atoms with Crippen LogP contribution in [0.4, 0.5) is 51.2 Å². The van der Waals surface area contributed by atoms with Gasteiger partial charge in [-0.1, -0.05) is 121 Å². The molecule has 0 N–H and O–H groups in total. The van der Waals surface area contributed by atoms with Crippen molar-refractivity contribution in [3.05, 3.63) is 236 Å². The SMILES string of the molecule is [2H]c1c([2H])c([2H])c2c(sc3c([2H])c4c([2H])c([2H])c5c([2H])c([2H])c(N(c6ccccc6)c6cccc(N(c7ccccc7)c7cccc(N(c8ccccc8)c8ccccc8)c7)c6)c([2H])c5c4c([2H])c32)c1[2H]. The van der Waals surface area contributed by atoms with E-state index in [1.807, 2.05) is 133 Å². The summed E-state index contributed by atoms with van der Waals surface area (Å²) in [6.45, 7) is 0. The molecule has 0 spiro atoms. The Hall–Kier alpha value is -7.66. The van der Waals surface area contributed by atoms with Gasteiger partial charge in [-0.05, 0) is 137 Å². The zero-order valence-corrected chi connectivity index (χ0v) is 32.7. The molecule has 60 heavy (non-hydrogen) atoms. The van der Waals surface area contributed by atoms with Crippen molar-refractivity contribution in [2.24, 2.45) is 0 Å². The molecule has 0 fully saturated rings. The number of para-hydroxylation sites is 4. The first-order chi connectivity index (χ1) is 34.4. The van der Waals surface area contributed by atoms with E-state index in [2.05, 4.69) is 46.2 Å². The highest BCUT2D eigenvalue weighted by atomic mass is 32.1. The Balaban J connectivity index is 1.16. The molecule has 0 unspecified atom stereocenters. The zero-order chi connectivity index (χ0) is 49.4. The molecule has 0 saturated carbocycles. The summed E-state index contributed by atoms with van der Waals surface area (Å²) in [7, 11) is 0. The highest BCUT2D eigenvalue weighted by molar-refractivity contribution is 7.25. The average molecular weight is 797 g/mol. The van der Waals surface area contributed by atoms with Crippen molar-refractivity contribution in [2.45, 2.75) is 0 Å². The highest BCUT2D eigenvalue weighted by Crippen LogP contribution is 2.44.